The van der Waals surface area contributed by atoms with Crippen LogP contribution in [0.2, 0.25) is 0 Å². The van der Waals surface area contributed by atoms with E-state index in [0.717, 1.165) is 103 Å². The average molecular weight is 1060 g/mol. The summed E-state index contributed by atoms with van der Waals surface area (Å²) in [7, 11) is -4.77. The van der Waals surface area contributed by atoms with Crippen LogP contribution >= 0.6 is 7.82 Å². The molecule has 0 aliphatic rings. The van der Waals surface area contributed by atoms with Gasteiger partial charge in [0.15, 0.2) is 6.10 Å². The molecule has 0 aromatic rings. The summed E-state index contributed by atoms with van der Waals surface area (Å²) < 4.78 is 39.4. The van der Waals surface area contributed by atoms with Crippen molar-refractivity contribution in [1.29, 1.82) is 0 Å². The van der Waals surface area contributed by atoms with Gasteiger partial charge in [-0.3, -0.25) is 23.4 Å². The van der Waals surface area contributed by atoms with Crippen molar-refractivity contribution in [2.45, 2.75) is 238 Å². The van der Waals surface area contributed by atoms with E-state index in [0.29, 0.717) is 25.7 Å². The molecule has 0 fully saturated rings. The zero-order chi connectivity index (χ0) is 54.1. The Bertz CT molecular complexity index is 1660. The third-order valence-corrected chi connectivity index (χ3v) is 12.6. The maximum absolute atomic E-state index is 12.9. The fourth-order valence-corrected chi connectivity index (χ4v) is 8.17. The van der Waals surface area contributed by atoms with Crippen molar-refractivity contribution in [3.05, 3.63) is 109 Å². The van der Waals surface area contributed by atoms with Gasteiger partial charge in [0.2, 0.25) is 0 Å². The maximum Gasteiger partial charge on any atom is 0.472 e. The van der Waals surface area contributed by atoms with Crippen molar-refractivity contribution in [3.63, 3.8) is 0 Å². The molecule has 3 atom stereocenters. The molecule has 11 nitrogen and oxygen atoms in total. The van der Waals surface area contributed by atoms with Gasteiger partial charge in [0.25, 0.3) is 0 Å². The summed E-state index contributed by atoms with van der Waals surface area (Å²) >= 11 is 0. The van der Waals surface area contributed by atoms with Gasteiger partial charge in [-0.1, -0.05) is 220 Å². The van der Waals surface area contributed by atoms with Gasteiger partial charge in [-0.2, -0.15) is 0 Å². The number of hydrogen-bond acceptors (Lipinski definition) is 10. The zero-order valence-corrected chi connectivity index (χ0v) is 47.4. The van der Waals surface area contributed by atoms with Crippen LogP contribution < -0.4 is 0 Å². The zero-order valence-electron chi connectivity index (χ0n) is 46.5. The summed E-state index contributed by atoms with van der Waals surface area (Å²) in [6, 6.07) is 0. The topological polar surface area (TPSA) is 155 Å². The SMILES string of the molecule is CC/C=C\C/C=C\C/C=C\C/C=C\C/C=C\CCCC(=O)OC(COC(=O)CCCCCC/C=C\C/C=C\C/C=C\C/C=C\CC)COP(=O)(O)OCC(CO)OC(=O)CCCCCCCCCCCCCCC. The van der Waals surface area contributed by atoms with Crippen molar-refractivity contribution >= 4 is 25.7 Å². The number of aliphatic hydroxyl groups is 1. The molecule has 0 saturated carbocycles. The fourth-order valence-electron chi connectivity index (χ4n) is 7.38. The minimum atomic E-state index is -4.77. The second-order valence-electron chi connectivity index (χ2n) is 18.7. The van der Waals surface area contributed by atoms with E-state index < -0.39 is 57.8 Å². The summed E-state index contributed by atoms with van der Waals surface area (Å²) in [6.07, 6.45) is 66.2. The molecule has 0 saturated heterocycles. The van der Waals surface area contributed by atoms with Gasteiger partial charge in [0.1, 0.15) is 12.7 Å². The van der Waals surface area contributed by atoms with Crippen molar-refractivity contribution in [1.82, 2.24) is 0 Å². The first-order valence-electron chi connectivity index (χ1n) is 28.8. The lowest BCUT2D eigenvalue weighted by Crippen LogP contribution is -2.30. The monoisotopic (exact) mass is 1050 g/mol. The number of aliphatic hydroxyl groups excluding tert-OH is 1. The molecule has 0 aliphatic heterocycles. The van der Waals surface area contributed by atoms with Crippen LogP contribution in [0.15, 0.2) is 109 Å². The van der Waals surface area contributed by atoms with Gasteiger partial charge in [-0.25, -0.2) is 4.57 Å². The predicted molar refractivity (Wildman–Crippen MR) is 307 cm³/mol. The highest BCUT2D eigenvalue weighted by Gasteiger charge is 2.28. The summed E-state index contributed by atoms with van der Waals surface area (Å²) in [6.45, 7) is 4.32. The normalized spacial score (nSPS) is 14.2. The molecular weight excluding hydrogens is 952 g/mol. The van der Waals surface area contributed by atoms with E-state index in [2.05, 4.69) is 118 Å². The van der Waals surface area contributed by atoms with Crippen molar-refractivity contribution < 1.29 is 52.2 Å². The lowest BCUT2D eigenvalue weighted by Gasteiger charge is -2.21. The van der Waals surface area contributed by atoms with Gasteiger partial charge >= 0.3 is 25.7 Å². The van der Waals surface area contributed by atoms with Crippen LogP contribution in [-0.4, -0.2) is 66.5 Å². The van der Waals surface area contributed by atoms with Crippen LogP contribution in [0.25, 0.3) is 0 Å². The second-order valence-corrected chi connectivity index (χ2v) is 20.1. The maximum atomic E-state index is 12.9. The summed E-state index contributed by atoms with van der Waals surface area (Å²) in [4.78, 5) is 48.5. The smallest absolute Gasteiger partial charge is 0.462 e. The van der Waals surface area contributed by atoms with Crippen molar-refractivity contribution in [2.75, 3.05) is 26.4 Å². The number of ether oxygens (including phenoxy) is 3. The predicted octanol–water partition coefficient (Wildman–Crippen LogP) is 17.0. The molecule has 3 unspecified atom stereocenters. The Morgan fingerprint density at radius 2 is 0.716 bits per heavy atom. The molecule has 0 heterocycles. The Balaban J connectivity index is 4.86. The number of esters is 3. The highest BCUT2D eigenvalue weighted by molar-refractivity contribution is 7.47. The number of hydrogen-bond donors (Lipinski definition) is 2. The van der Waals surface area contributed by atoms with Gasteiger partial charge in [0.05, 0.1) is 19.8 Å². The Labute approximate surface area is 450 Å². The fraction of sp³-hybridized carbons (Fsp3) is 0.661. The number of phosphoric ester groups is 1. The van der Waals surface area contributed by atoms with E-state index in [1.54, 1.807) is 0 Å². The number of phosphoric acid groups is 1. The summed E-state index contributed by atoms with van der Waals surface area (Å²) in [5.41, 5.74) is 0. The molecule has 422 valence electrons. The van der Waals surface area contributed by atoms with Gasteiger partial charge < -0.3 is 24.2 Å². The minimum absolute atomic E-state index is 0.0792. The molecule has 0 rings (SSSR count). The lowest BCUT2D eigenvalue weighted by atomic mass is 10.0. The van der Waals surface area contributed by atoms with Crippen molar-refractivity contribution in [2.24, 2.45) is 0 Å². The molecule has 0 radical (unpaired) electrons. The number of carbonyl (C=O) groups is 3. The molecule has 0 spiro atoms. The van der Waals surface area contributed by atoms with Gasteiger partial charge in [-0.15, -0.1) is 0 Å². The summed E-state index contributed by atoms with van der Waals surface area (Å²) in [5.74, 6) is -1.57. The molecule has 2 N–H and O–H groups in total. The summed E-state index contributed by atoms with van der Waals surface area (Å²) in [5, 5.41) is 9.81. The van der Waals surface area contributed by atoms with Crippen LogP contribution in [0.5, 0.6) is 0 Å². The van der Waals surface area contributed by atoms with E-state index in [4.69, 9.17) is 23.3 Å². The molecule has 0 bridgehead atoms. The molecule has 0 amide bonds. The van der Waals surface area contributed by atoms with Crippen molar-refractivity contribution in [3.8, 4) is 0 Å². The van der Waals surface area contributed by atoms with Gasteiger partial charge in [-0.05, 0) is 96.3 Å². The Hall–Kier alpha value is -3.86. The first-order chi connectivity index (χ1) is 36.2. The molecule has 0 aromatic heterocycles. The van der Waals surface area contributed by atoms with E-state index in [1.165, 1.54) is 57.8 Å². The quantitative estimate of drug-likeness (QED) is 0.0197. The number of rotatable bonds is 52. The number of unbranched alkanes of at least 4 members (excludes halogenated alkanes) is 17. The third kappa shape index (κ3) is 53.0. The average Bonchev–Trinajstić information content (AvgIpc) is 3.39. The van der Waals surface area contributed by atoms with E-state index >= 15 is 0 Å². The third-order valence-electron chi connectivity index (χ3n) is 11.7. The minimum Gasteiger partial charge on any atom is -0.462 e. The molecule has 0 aliphatic carbocycles. The Morgan fingerprint density at radius 1 is 0.392 bits per heavy atom. The van der Waals surface area contributed by atoms with Crippen LogP contribution in [0, 0.1) is 0 Å². The highest BCUT2D eigenvalue weighted by atomic mass is 31.2. The molecule has 12 heteroatoms. The lowest BCUT2D eigenvalue weighted by molar-refractivity contribution is -0.161. The second kappa shape index (κ2) is 55.4. The van der Waals surface area contributed by atoms with E-state index in [9.17, 15) is 28.9 Å². The number of allylic oxidation sites excluding steroid dienone is 18. The Kier molecular flexibility index (Phi) is 52.5. The van der Waals surface area contributed by atoms with Crippen LogP contribution in [-0.2, 0) is 42.2 Å². The Morgan fingerprint density at radius 3 is 1.14 bits per heavy atom. The number of carbonyl (C=O) groups excluding carboxylic acids is 3. The van der Waals surface area contributed by atoms with E-state index in [-0.39, 0.29) is 25.9 Å². The first kappa shape index (κ1) is 70.1. The first-order valence-corrected chi connectivity index (χ1v) is 30.3. The molecule has 74 heavy (non-hydrogen) atoms. The van der Waals surface area contributed by atoms with Crippen LogP contribution in [0.1, 0.15) is 226 Å². The molecular formula is C62H103O11P. The largest absolute Gasteiger partial charge is 0.472 e. The van der Waals surface area contributed by atoms with Crippen LogP contribution in [0.4, 0.5) is 0 Å². The van der Waals surface area contributed by atoms with Crippen LogP contribution in [0.3, 0.4) is 0 Å². The highest BCUT2D eigenvalue weighted by Crippen LogP contribution is 2.43. The molecule has 0 aromatic carbocycles. The van der Waals surface area contributed by atoms with E-state index in [1.807, 2.05) is 12.2 Å². The standard InChI is InChI=1S/C62H103O11P/c1-4-7-10-13-16-19-22-25-27-29-31-34-36-39-42-45-48-51-60(64)69-55-59(73-62(66)53-50-47-44-41-38-35-32-30-28-26-23-20-17-14-11-8-5-2)57-71-74(67,68)70-56-58(54-63)72-61(65)52-49-46-43-40-37-33-24-21-18-15-12-9-6-3/h7-8,10-11,16-17,19-20,25-28,31-32,34-35,41,44,58-59,63H,4-6,9,12-15,18,21-24,29-30,33,36-40,42-43,45-57H2,1-3H3,(H,67,68)/b10-7-,11-8-,19-16-,20-17-,27-25-,28-26-,34-31-,35-32-,44-41-. The van der Waals surface area contributed by atoms with Gasteiger partial charge in [0, 0.05) is 19.3 Å².